The standard InChI is InChI=1S/C11H14NO8P/c1-18-21(17,19-2)11(14)10(13)20-7-8-3-5-9(6-4-8)12(15)16/h3-6,11,14H,7H2,1-2H3. The van der Waals surface area contributed by atoms with Crippen LogP contribution in [0.2, 0.25) is 0 Å². The van der Waals surface area contributed by atoms with Gasteiger partial charge < -0.3 is 18.9 Å². The van der Waals surface area contributed by atoms with E-state index in [0.29, 0.717) is 5.56 Å². The first-order valence-corrected chi connectivity index (χ1v) is 7.24. The molecule has 0 bridgehead atoms. The van der Waals surface area contributed by atoms with Gasteiger partial charge in [-0.1, -0.05) is 0 Å². The fraction of sp³-hybridized carbons (Fsp3) is 0.364. The Balaban J connectivity index is 2.64. The van der Waals surface area contributed by atoms with E-state index in [1.807, 2.05) is 0 Å². The van der Waals surface area contributed by atoms with Gasteiger partial charge in [-0.3, -0.25) is 14.7 Å². The largest absolute Gasteiger partial charge is 0.458 e. The van der Waals surface area contributed by atoms with E-state index in [1.165, 1.54) is 24.3 Å². The highest BCUT2D eigenvalue weighted by Crippen LogP contribution is 2.50. The second-order valence-corrected chi connectivity index (χ2v) is 6.11. The van der Waals surface area contributed by atoms with Crippen molar-refractivity contribution < 1.29 is 33.2 Å². The summed E-state index contributed by atoms with van der Waals surface area (Å²) in [4.78, 5) is 21.5. The lowest BCUT2D eigenvalue weighted by molar-refractivity contribution is -0.384. The van der Waals surface area contributed by atoms with Crippen molar-refractivity contribution >= 4 is 19.3 Å². The SMILES string of the molecule is COP(=O)(OC)C(O)C(=O)OCc1ccc([N+](=O)[O-])cc1. The van der Waals surface area contributed by atoms with E-state index >= 15 is 0 Å². The van der Waals surface area contributed by atoms with E-state index < -0.39 is 24.3 Å². The van der Waals surface area contributed by atoms with Gasteiger partial charge in [0.2, 0.25) is 0 Å². The van der Waals surface area contributed by atoms with E-state index in [0.717, 1.165) is 14.2 Å². The summed E-state index contributed by atoms with van der Waals surface area (Å²) in [6.45, 7) is -0.249. The van der Waals surface area contributed by atoms with E-state index in [-0.39, 0.29) is 12.3 Å². The lowest BCUT2D eigenvalue weighted by atomic mass is 10.2. The van der Waals surface area contributed by atoms with Gasteiger partial charge in [0.05, 0.1) is 4.92 Å². The van der Waals surface area contributed by atoms with Gasteiger partial charge in [0, 0.05) is 26.4 Å². The summed E-state index contributed by atoms with van der Waals surface area (Å²) in [5.74, 6) is -3.24. The molecule has 0 saturated carbocycles. The molecule has 0 radical (unpaired) electrons. The van der Waals surface area contributed by atoms with E-state index in [4.69, 9.17) is 4.74 Å². The van der Waals surface area contributed by atoms with Crippen LogP contribution in [0, 0.1) is 10.1 Å². The zero-order valence-corrected chi connectivity index (χ0v) is 12.2. The number of rotatable bonds is 7. The summed E-state index contributed by atoms with van der Waals surface area (Å²) in [5, 5.41) is 20.0. The summed E-state index contributed by atoms with van der Waals surface area (Å²) in [5.41, 5.74) is 0.360. The number of nitro groups is 1. The molecular weight excluding hydrogens is 305 g/mol. The molecule has 1 atom stereocenters. The topological polar surface area (TPSA) is 125 Å². The Hall–Kier alpha value is -1.80. The monoisotopic (exact) mass is 319 g/mol. The fourth-order valence-electron chi connectivity index (χ4n) is 1.35. The Labute approximate surface area is 120 Å². The third kappa shape index (κ3) is 4.33. The maximum atomic E-state index is 11.8. The second-order valence-electron chi connectivity index (χ2n) is 3.81. The van der Waals surface area contributed by atoms with E-state index in [9.17, 15) is 24.6 Å². The number of nitrogens with zero attached hydrogens (tertiary/aromatic N) is 1. The summed E-state index contributed by atoms with van der Waals surface area (Å²) in [6.07, 6.45) is 0. The van der Waals surface area contributed by atoms with E-state index in [2.05, 4.69) is 9.05 Å². The third-order valence-electron chi connectivity index (χ3n) is 2.55. The normalized spacial score (nSPS) is 12.7. The zero-order chi connectivity index (χ0) is 16.0. The average Bonchev–Trinajstić information content (AvgIpc) is 2.51. The van der Waals surface area contributed by atoms with Gasteiger partial charge >= 0.3 is 13.6 Å². The van der Waals surface area contributed by atoms with Gasteiger partial charge in [-0.15, -0.1) is 0 Å². The number of esters is 1. The molecule has 1 aromatic carbocycles. The van der Waals surface area contributed by atoms with Gasteiger partial charge in [0.1, 0.15) is 6.61 Å². The molecule has 10 heteroatoms. The van der Waals surface area contributed by atoms with E-state index in [1.54, 1.807) is 0 Å². The molecule has 0 spiro atoms. The minimum absolute atomic E-state index is 0.103. The molecule has 1 unspecified atom stereocenters. The molecule has 0 heterocycles. The number of aliphatic hydroxyl groups excluding tert-OH is 1. The first-order valence-electron chi connectivity index (χ1n) is 5.63. The number of hydrogen-bond donors (Lipinski definition) is 1. The Morgan fingerprint density at radius 3 is 2.29 bits per heavy atom. The molecule has 0 aliphatic heterocycles. The van der Waals surface area contributed by atoms with Crippen LogP contribution in [0.4, 0.5) is 5.69 Å². The summed E-state index contributed by atoms with van der Waals surface area (Å²) in [7, 11) is -1.93. The van der Waals surface area contributed by atoms with Crippen LogP contribution in [0.25, 0.3) is 0 Å². The molecule has 1 rings (SSSR count). The highest BCUT2D eigenvalue weighted by molar-refractivity contribution is 7.55. The van der Waals surface area contributed by atoms with Gasteiger partial charge in [-0.25, -0.2) is 4.79 Å². The number of benzene rings is 1. The van der Waals surface area contributed by atoms with Gasteiger partial charge in [-0.05, 0) is 17.7 Å². The highest BCUT2D eigenvalue weighted by Gasteiger charge is 2.39. The molecule has 0 aliphatic rings. The maximum absolute atomic E-state index is 11.8. The predicted octanol–water partition coefficient (Wildman–Crippen LogP) is 1.44. The molecule has 0 aliphatic carbocycles. The van der Waals surface area contributed by atoms with Gasteiger partial charge in [-0.2, -0.15) is 0 Å². The molecule has 21 heavy (non-hydrogen) atoms. The molecular formula is C11H14NO8P. The summed E-state index contributed by atoms with van der Waals surface area (Å²) < 4.78 is 25.4. The van der Waals surface area contributed by atoms with Gasteiger partial charge in [0.15, 0.2) is 0 Å². The Bertz CT molecular complexity index is 550. The number of nitro benzene ring substituents is 1. The van der Waals surface area contributed by atoms with Crippen LogP contribution in [0.3, 0.4) is 0 Å². The zero-order valence-electron chi connectivity index (χ0n) is 11.3. The molecule has 116 valence electrons. The Kier molecular flexibility index (Phi) is 5.98. The van der Waals surface area contributed by atoms with Crippen molar-refractivity contribution in [3.05, 3.63) is 39.9 Å². The van der Waals surface area contributed by atoms with Crippen LogP contribution < -0.4 is 0 Å². The molecule has 1 aromatic rings. The van der Waals surface area contributed by atoms with Crippen molar-refractivity contribution in [2.24, 2.45) is 0 Å². The van der Waals surface area contributed by atoms with Crippen LogP contribution in [0.5, 0.6) is 0 Å². The average molecular weight is 319 g/mol. The number of ether oxygens (including phenoxy) is 1. The van der Waals surface area contributed by atoms with Gasteiger partial charge in [0.25, 0.3) is 11.5 Å². The third-order valence-corrected chi connectivity index (χ3v) is 4.38. The van der Waals surface area contributed by atoms with Crippen LogP contribution in [0.1, 0.15) is 5.56 Å². The number of aliphatic hydroxyl groups is 1. The quantitative estimate of drug-likeness (QED) is 0.346. The molecule has 0 amide bonds. The number of carbonyl (C=O) groups excluding carboxylic acids is 1. The Morgan fingerprint density at radius 2 is 1.86 bits per heavy atom. The van der Waals surface area contributed by atoms with Crippen LogP contribution in [-0.2, 0) is 29.8 Å². The summed E-state index contributed by atoms with van der Waals surface area (Å²) >= 11 is 0. The van der Waals surface area contributed by atoms with Crippen molar-refractivity contribution in [2.75, 3.05) is 14.2 Å². The molecule has 9 nitrogen and oxygen atoms in total. The number of non-ortho nitro benzene ring substituents is 1. The molecule has 0 fully saturated rings. The molecule has 0 aromatic heterocycles. The number of hydrogen-bond acceptors (Lipinski definition) is 8. The molecule has 1 N–H and O–H groups in total. The minimum atomic E-state index is -3.98. The van der Waals surface area contributed by atoms with Crippen molar-refractivity contribution in [3.8, 4) is 0 Å². The smallest absolute Gasteiger partial charge is 0.369 e. The fourth-order valence-corrected chi connectivity index (χ4v) is 2.23. The first-order chi connectivity index (χ1) is 9.84. The minimum Gasteiger partial charge on any atom is -0.458 e. The van der Waals surface area contributed by atoms with Crippen molar-refractivity contribution in [2.45, 2.75) is 12.5 Å². The molecule has 0 saturated heterocycles. The van der Waals surface area contributed by atoms with Crippen molar-refractivity contribution in [1.29, 1.82) is 0 Å². The van der Waals surface area contributed by atoms with Crippen molar-refractivity contribution in [1.82, 2.24) is 0 Å². The number of carbonyl (C=O) groups is 1. The van der Waals surface area contributed by atoms with Crippen LogP contribution >= 0.6 is 7.60 Å². The highest BCUT2D eigenvalue weighted by atomic mass is 31.2. The first kappa shape index (κ1) is 17.3. The predicted molar refractivity (Wildman–Crippen MR) is 70.5 cm³/mol. The lowest BCUT2D eigenvalue weighted by Gasteiger charge is -2.18. The second kappa shape index (κ2) is 7.28. The summed E-state index contributed by atoms with van der Waals surface area (Å²) in [6, 6.07) is 5.28. The van der Waals surface area contributed by atoms with Crippen molar-refractivity contribution in [3.63, 3.8) is 0 Å². The Morgan fingerprint density at radius 1 is 1.33 bits per heavy atom. The van der Waals surface area contributed by atoms with Crippen LogP contribution in [-0.4, -0.2) is 36.1 Å². The maximum Gasteiger partial charge on any atom is 0.369 e. The lowest BCUT2D eigenvalue weighted by Crippen LogP contribution is -2.24. The van der Waals surface area contributed by atoms with Crippen LogP contribution in [0.15, 0.2) is 24.3 Å².